The summed E-state index contributed by atoms with van der Waals surface area (Å²) in [6.07, 6.45) is -10.9. The van der Waals surface area contributed by atoms with E-state index >= 15 is 0 Å². The van der Waals surface area contributed by atoms with Crippen LogP contribution in [0.5, 0.6) is 0 Å². The van der Waals surface area contributed by atoms with Gasteiger partial charge in [-0.05, 0) is 50.9 Å². The maximum absolute atomic E-state index is 10.8. The Hall–Kier alpha value is -0.440. The van der Waals surface area contributed by atoms with Gasteiger partial charge in [0.05, 0.1) is 54.9 Å². The van der Waals surface area contributed by atoms with Crippen molar-refractivity contribution in [3.05, 3.63) is 0 Å². The van der Waals surface area contributed by atoms with Gasteiger partial charge in [-0.15, -0.1) is 0 Å². The van der Waals surface area contributed by atoms with Crippen molar-refractivity contribution >= 4 is 0 Å². The van der Waals surface area contributed by atoms with Crippen molar-refractivity contribution in [2.45, 2.75) is 118 Å². The number of hydrogen-bond acceptors (Lipinski definition) is 11. The molecule has 11 nitrogen and oxygen atoms in total. The van der Waals surface area contributed by atoms with Crippen molar-refractivity contribution in [3.8, 4) is 0 Å². The molecule has 4 aliphatic rings. The molecule has 9 N–H and O–H groups in total. The molecule has 11 heteroatoms. The predicted molar refractivity (Wildman–Crippen MR) is 110 cm³/mol. The lowest BCUT2D eigenvalue weighted by Gasteiger charge is -2.51. The summed E-state index contributed by atoms with van der Waals surface area (Å²) in [7, 11) is 0. The Kier molecular flexibility index (Phi) is 7.99. The van der Waals surface area contributed by atoms with E-state index < -0.39 is 85.3 Å². The van der Waals surface area contributed by atoms with Gasteiger partial charge >= 0.3 is 0 Å². The zero-order valence-corrected chi connectivity index (χ0v) is 18.5. The molecule has 3 aliphatic carbocycles. The van der Waals surface area contributed by atoms with Gasteiger partial charge in [-0.2, -0.15) is 0 Å². The lowest BCUT2D eigenvalue weighted by atomic mass is 9.72. The zero-order chi connectivity index (χ0) is 24.0. The minimum Gasteiger partial charge on any atom is -0.393 e. The standard InChI is InChI=1S/C22H38O11/c23-10-5-12(24)11-7-18(33-22(31)9-3-15(27)20(30)16(28)4-9)21(32-17(11)6-10)8-1-13(25)19(29)14(26)2-8/h8-31H,1-7H2/t8?,9?,10-,11+,12-,13-,14+,15-,16-,17+,18-,19?,20?,21+,22-/m0/s1. The molecule has 1 aliphatic heterocycles. The van der Waals surface area contributed by atoms with Crippen molar-refractivity contribution in [1.29, 1.82) is 0 Å². The highest BCUT2D eigenvalue weighted by molar-refractivity contribution is 4.99. The van der Waals surface area contributed by atoms with Gasteiger partial charge in [0, 0.05) is 11.8 Å². The molecule has 0 aromatic carbocycles. The molecule has 0 aromatic heterocycles. The Bertz CT molecular complexity index is 628. The average Bonchev–Trinajstić information content (AvgIpc) is 2.75. The Labute approximate surface area is 192 Å². The van der Waals surface area contributed by atoms with Crippen LogP contribution < -0.4 is 0 Å². The molecule has 0 spiro atoms. The molecule has 192 valence electrons. The summed E-state index contributed by atoms with van der Waals surface area (Å²) in [5, 5.41) is 91.5. The van der Waals surface area contributed by atoms with E-state index in [1.54, 1.807) is 0 Å². The molecule has 33 heavy (non-hydrogen) atoms. The van der Waals surface area contributed by atoms with Crippen LogP contribution in [-0.4, -0.2) is 119 Å². The summed E-state index contributed by atoms with van der Waals surface area (Å²) in [6.45, 7) is 0. The Morgan fingerprint density at radius 3 is 1.76 bits per heavy atom. The third kappa shape index (κ3) is 5.39. The van der Waals surface area contributed by atoms with E-state index in [0.29, 0.717) is 12.8 Å². The van der Waals surface area contributed by atoms with E-state index in [1.165, 1.54) is 0 Å². The number of fused-ring (bicyclic) bond motifs is 1. The van der Waals surface area contributed by atoms with Crippen LogP contribution in [0.25, 0.3) is 0 Å². The number of hydrogen-bond donors (Lipinski definition) is 9. The van der Waals surface area contributed by atoms with Crippen LogP contribution in [0.4, 0.5) is 0 Å². The first-order chi connectivity index (χ1) is 15.5. The Morgan fingerprint density at radius 2 is 1.18 bits per heavy atom. The maximum Gasteiger partial charge on any atom is 0.158 e. The number of ether oxygens (including phenoxy) is 2. The van der Waals surface area contributed by atoms with Gasteiger partial charge in [0.15, 0.2) is 6.29 Å². The van der Waals surface area contributed by atoms with E-state index in [0.717, 1.165) is 0 Å². The molecule has 0 bridgehead atoms. The summed E-state index contributed by atoms with van der Waals surface area (Å²) in [6, 6.07) is 0. The second kappa shape index (κ2) is 10.3. The Morgan fingerprint density at radius 1 is 0.636 bits per heavy atom. The molecule has 0 amide bonds. The number of rotatable bonds is 4. The third-order valence-corrected chi connectivity index (χ3v) is 8.13. The van der Waals surface area contributed by atoms with E-state index in [2.05, 4.69) is 0 Å². The molecule has 4 rings (SSSR count). The van der Waals surface area contributed by atoms with Crippen molar-refractivity contribution in [1.82, 2.24) is 0 Å². The average molecular weight is 479 g/mol. The highest BCUT2D eigenvalue weighted by Gasteiger charge is 2.51. The quantitative estimate of drug-likeness (QED) is 0.186. The first-order valence-electron chi connectivity index (χ1n) is 12.0. The van der Waals surface area contributed by atoms with E-state index in [9.17, 15) is 46.0 Å². The molecule has 13 atom stereocenters. The summed E-state index contributed by atoms with van der Waals surface area (Å²) in [5.41, 5.74) is 0. The largest absolute Gasteiger partial charge is 0.393 e. The maximum atomic E-state index is 10.8. The SMILES string of the molecule is OC1[C@H](O)CC([C@H]2O[C@@H]3C[C@@H](O)C[C@H](O)[C@H]3C[C@@H]2O[C@H](O)C2C[C@H](O)C(O)[C@@H](O)C2)C[C@@H]1O. The molecule has 2 unspecified atom stereocenters. The van der Waals surface area contributed by atoms with Gasteiger partial charge in [-0.25, -0.2) is 0 Å². The molecule has 4 fully saturated rings. The molecular weight excluding hydrogens is 440 g/mol. The lowest BCUT2D eigenvalue weighted by molar-refractivity contribution is -0.273. The van der Waals surface area contributed by atoms with Crippen LogP contribution >= 0.6 is 0 Å². The fourth-order valence-electron chi connectivity index (χ4n) is 6.24. The van der Waals surface area contributed by atoms with Gasteiger partial charge in [-0.3, -0.25) is 0 Å². The van der Waals surface area contributed by atoms with Crippen LogP contribution in [0.1, 0.15) is 44.9 Å². The summed E-state index contributed by atoms with van der Waals surface area (Å²) in [4.78, 5) is 0. The van der Waals surface area contributed by atoms with Gasteiger partial charge in [0.1, 0.15) is 12.2 Å². The second-order valence-corrected chi connectivity index (χ2v) is 10.5. The molecule has 1 heterocycles. The van der Waals surface area contributed by atoms with Gasteiger partial charge in [0.25, 0.3) is 0 Å². The summed E-state index contributed by atoms with van der Waals surface area (Å²) < 4.78 is 12.2. The monoisotopic (exact) mass is 478 g/mol. The highest BCUT2D eigenvalue weighted by Crippen LogP contribution is 2.43. The fourth-order valence-corrected chi connectivity index (χ4v) is 6.24. The number of aliphatic hydroxyl groups excluding tert-OH is 9. The highest BCUT2D eigenvalue weighted by atomic mass is 16.6. The van der Waals surface area contributed by atoms with Gasteiger partial charge in [0.2, 0.25) is 0 Å². The van der Waals surface area contributed by atoms with E-state index in [1.807, 2.05) is 0 Å². The first kappa shape index (κ1) is 25.6. The van der Waals surface area contributed by atoms with Crippen molar-refractivity contribution in [2.24, 2.45) is 17.8 Å². The van der Waals surface area contributed by atoms with Crippen LogP contribution in [0.2, 0.25) is 0 Å². The molecule has 0 radical (unpaired) electrons. The van der Waals surface area contributed by atoms with E-state index in [4.69, 9.17) is 9.47 Å². The molecule has 0 aromatic rings. The fraction of sp³-hybridized carbons (Fsp3) is 1.00. The third-order valence-electron chi connectivity index (χ3n) is 8.13. The van der Waals surface area contributed by atoms with Crippen molar-refractivity contribution in [2.75, 3.05) is 0 Å². The van der Waals surface area contributed by atoms with Crippen molar-refractivity contribution in [3.63, 3.8) is 0 Å². The van der Waals surface area contributed by atoms with Crippen LogP contribution in [0, 0.1) is 17.8 Å². The minimum absolute atomic E-state index is 0.0333. The topological polar surface area (TPSA) is 201 Å². The van der Waals surface area contributed by atoms with Crippen LogP contribution in [0.3, 0.4) is 0 Å². The molecule has 1 saturated heterocycles. The first-order valence-corrected chi connectivity index (χ1v) is 12.0. The predicted octanol–water partition coefficient (Wildman–Crippen LogP) is -3.04. The van der Waals surface area contributed by atoms with Crippen LogP contribution in [0.15, 0.2) is 0 Å². The molecular formula is C22H38O11. The normalized spacial score (nSPS) is 54.5. The summed E-state index contributed by atoms with van der Waals surface area (Å²) >= 11 is 0. The minimum atomic E-state index is -1.38. The van der Waals surface area contributed by atoms with Crippen LogP contribution in [-0.2, 0) is 9.47 Å². The number of aliphatic hydroxyl groups is 9. The smallest absolute Gasteiger partial charge is 0.158 e. The van der Waals surface area contributed by atoms with E-state index in [-0.39, 0.29) is 38.0 Å². The van der Waals surface area contributed by atoms with Crippen molar-refractivity contribution < 1.29 is 55.4 Å². The zero-order valence-electron chi connectivity index (χ0n) is 18.5. The lowest BCUT2D eigenvalue weighted by Crippen LogP contribution is -2.58. The Balaban J connectivity index is 1.51. The van der Waals surface area contributed by atoms with Gasteiger partial charge in [-0.1, -0.05) is 0 Å². The van der Waals surface area contributed by atoms with Gasteiger partial charge < -0.3 is 55.4 Å². The molecule has 3 saturated carbocycles. The summed E-state index contributed by atoms with van der Waals surface area (Å²) in [5.74, 6) is -1.38. The second-order valence-electron chi connectivity index (χ2n) is 10.5.